The minimum absolute atomic E-state index is 0.540. The highest BCUT2D eigenvalue weighted by molar-refractivity contribution is 5.83. The van der Waals surface area contributed by atoms with Crippen LogP contribution < -0.4 is 5.73 Å². The van der Waals surface area contributed by atoms with E-state index < -0.39 is 0 Å². The SMILES string of the molecule is N/C(=N\c1nc(-c2ccccc2)c(-c2ccccc2)[nH]1)N1CCCCC1. The van der Waals surface area contributed by atoms with Gasteiger partial charge in [0, 0.05) is 24.2 Å². The third-order valence-corrected chi connectivity index (χ3v) is 4.70. The molecule has 5 heteroatoms. The molecule has 0 aliphatic carbocycles. The lowest BCUT2D eigenvalue weighted by atomic mass is 10.1. The topological polar surface area (TPSA) is 70.3 Å². The lowest BCUT2D eigenvalue weighted by molar-refractivity contribution is 0.339. The van der Waals surface area contributed by atoms with Crippen molar-refractivity contribution < 1.29 is 0 Å². The quantitative estimate of drug-likeness (QED) is 0.553. The first-order valence-corrected chi connectivity index (χ1v) is 9.11. The third kappa shape index (κ3) is 3.47. The standard InChI is InChI=1S/C21H23N5/c22-20(26-14-8-3-9-15-26)25-21-23-18(16-10-4-1-5-11-16)19(24-21)17-12-6-2-7-13-17/h1-2,4-7,10-13H,3,8-9,14-15H2,(H3,22,23,24,25). The zero-order chi connectivity index (χ0) is 17.8. The molecule has 1 aromatic heterocycles. The van der Waals surface area contributed by atoms with Crippen molar-refractivity contribution in [2.24, 2.45) is 10.7 Å². The Morgan fingerprint density at radius 2 is 1.50 bits per heavy atom. The van der Waals surface area contributed by atoms with E-state index in [1.54, 1.807) is 0 Å². The Labute approximate surface area is 153 Å². The van der Waals surface area contributed by atoms with Gasteiger partial charge in [0.15, 0.2) is 5.96 Å². The summed E-state index contributed by atoms with van der Waals surface area (Å²) in [4.78, 5) is 14.8. The van der Waals surface area contributed by atoms with Gasteiger partial charge in [0.25, 0.3) is 0 Å². The van der Waals surface area contributed by atoms with Crippen LogP contribution in [0, 0.1) is 0 Å². The molecule has 0 radical (unpaired) electrons. The number of benzene rings is 2. The highest BCUT2D eigenvalue weighted by atomic mass is 15.3. The summed E-state index contributed by atoms with van der Waals surface area (Å²) in [5, 5.41) is 0. The van der Waals surface area contributed by atoms with E-state index in [4.69, 9.17) is 10.7 Å². The van der Waals surface area contributed by atoms with Crippen LogP contribution >= 0.6 is 0 Å². The van der Waals surface area contributed by atoms with Crippen molar-refractivity contribution in [3.05, 3.63) is 60.7 Å². The fraction of sp³-hybridized carbons (Fsp3) is 0.238. The number of aliphatic imine (C=N–C) groups is 1. The van der Waals surface area contributed by atoms with Gasteiger partial charge in [-0.15, -0.1) is 0 Å². The van der Waals surface area contributed by atoms with Gasteiger partial charge >= 0.3 is 0 Å². The minimum atomic E-state index is 0.540. The molecule has 3 aromatic rings. The summed E-state index contributed by atoms with van der Waals surface area (Å²) in [5.74, 6) is 1.09. The van der Waals surface area contributed by atoms with Gasteiger partial charge in [0.05, 0.1) is 11.4 Å². The number of aromatic amines is 1. The number of piperidine rings is 1. The van der Waals surface area contributed by atoms with E-state index in [0.29, 0.717) is 11.9 Å². The van der Waals surface area contributed by atoms with Crippen molar-refractivity contribution in [3.63, 3.8) is 0 Å². The lowest BCUT2D eigenvalue weighted by Crippen LogP contribution is -2.40. The summed E-state index contributed by atoms with van der Waals surface area (Å²) in [6, 6.07) is 20.4. The predicted octanol–water partition coefficient (Wildman–Crippen LogP) is 4.18. The molecule has 26 heavy (non-hydrogen) atoms. The number of aromatic nitrogens is 2. The molecule has 2 heterocycles. The third-order valence-electron chi connectivity index (χ3n) is 4.70. The Balaban J connectivity index is 1.74. The van der Waals surface area contributed by atoms with Crippen molar-refractivity contribution in [2.75, 3.05) is 13.1 Å². The van der Waals surface area contributed by atoms with Crippen molar-refractivity contribution in [1.29, 1.82) is 0 Å². The monoisotopic (exact) mass is 345 g/mol. The first kappa shape index (κ1) is 16.4. The number of likely N-dealkylation sites (tertiary alicyclic amines) is 1. The minimum Gasteiger partial charge on any atom is -0.369 e. The van der Waals surface area contributed by atoms with Crippen LogP contribution in [0.25, 0.3) is 22.5 Å². The summed E-state index contributed by atoms with van der Waals surface area (Å²) in [6.07, 6.45) is 3.60. The molecule has 0 atom stereocenters. The molecule has 0 saturated carbocycles. The molecule has 1 aliphatic heterocycles. The van der Waals surface area contributed by atoms with Crippen LogP contribution in [0.3, 0.4) is 0 Å². The Morgan fingerprint density at radius 3 is 2.15 bits per heavy atom. The van der Waals surface area contributed by atoms with E-state index in [0.717, 1.165) is 35.6 Å². The normalized spacial score (nSPS) is 15.2. The van der Waals surface area contributed by atoms with Crippen LogP contribution in [0.1, 0.15) is 19.3 Å². The van der Waals surface area contributed by atoms with Crippen molar-refractivity contribution >= 4 is 11.9 Å². The second-order valence-electron chi connectivity index (χ2n) is 6.53. The Hall–Kier alpha value is -3.08. The molecular weight excluding hydrogens is 322 g/mol. The second-order valence-corrected chi connectivity index (χ2v) is 6.53. The van der Waals surface area contributed by atoms with E-state index >= 15 is 0 Å². The first-order valence-electron chi connectivity index (χ1n) is 9.11. The molecular formula is C21H23N5. The summed E-state index contributed by atoms with van der Waals surface area (Å²) in [7, 11) is 0. The summed E-state index contributed by atoms with van der Waals surface area (Å²) < 4.78 is 0. The number of rotatable bonds is 3. The fourth-order valence-corrected chi connectivity index (χ4v) is 3.33. The van der Waals surface area contributed by atoms with E-state index in [1.165, 1.54) is 19.3 Å². The molecule has 0 amide bonds. The van der Waals surface area contributed by atoms with Gasteiger partial charge in [-0.2, -0.15) is 4.99 Å². The second kappa shape index (κ2) is 7.44. The van der Waals surface area contributed by atoms with Gasteiger partial charge in [-0.25, -0.2) is 4.98 Å². The zero-order valence-corrected chi connectivity index (χ0v) is 14.7. The van der Waals surface area contributed by atoms with Crippen LogP contribution in [0.4, 0.5) is 5.95 Å². The molecule has 0 unspecified atom stereocenters. The summed E-state index contributed by atoms with van der Waals surface area (Å²) in [5.41, 5.74) is 10.2. The lowest BCUT2D eigenvalue weighted by Gasteiger charge is -2.27. The van der Waals surface area contributed by atoms with Gasteiger partial charge in [-0.1, -0.05) is 60.7 Å². The van der Waals surface area contributed by atoms with Gasteiger partial charge in [-0.3, -0.25) is 0 Å². The van der Waals surface area contributed by atoms with Crippen molar-refractivity contribution in [2.45, 2.75) is 19.3 Å². The molecule has 132 valence electrons. The number of hydrogen-bond acceptors (Lipinski definition) is 2. The Bertz CT molecular complexity index is 820. The number of imidazole rings is 1. The number of nitrogens with one attached hydrogen (secondary N) is 1. The maximum atomic E-state index is 6.23. The average Bonchev–Trinajstić information content (AvgIpc) is 3.14. The molecule has 0 bridgehead atoms. The summed E-state index contributed by atoms with van der Waals surface area (Å²) >= 11 is 0. The van der Waals surface area contributed by atoms with E-state index in [9.17, 15) is 0 Å². The smallest absolute Gasteiger partial charge is 0.231 e. The highest BCUT2D eigenvalue weighted by Crippen LogP contribution is 2.32. The molecule has 2 aromatic carbocycles. The van der Waals surface area contributed by atoms with Crippen molar-refractivity contribution in [1.82, 2.24) is 14.9 Å². The Kier molecular flexibility index (Phi) is 4.69. The molecule has 4 rings (SSSR count). The van der Waals surface area contributed by atoms with E-state index in [2.05, 4.69) is 39.1 Å². The van der Waals surface area contributed by atoms with Gasteiger partial charge in [0.1, 0.15) is 0 Å². The number of hydrogen-bond donors (Lipinski definition) is 2. The van der Waals surface area contributed by atoms with Crippen LogP contribution in [-0.2, 0) is 0 Å². The van der Waals surface area contributed by atoms with Crippen LogP contribution in [0.15, 0.2) is 65.7 Å². The van der Waals surface area contributed by atoms with Gasteiger partial charge < -0.3 is 15.6 Å². The first-order chi connectivity index (χ1) is 12.8. The predicted molar refractivity (Wildman–Crippen MR) is 106 cm³/mol. The average molecular weight is 345 g/mol. The Morgan fingerprint density at radius 1 is 0.885 bits per heavy atom. The van der Waals surface area contributed by atoms with Gasteiger partial charge in [-0.05, 0) is 19.3 Å². The maximum absolute atomic E-state index is 6.23. The molecule has 5 nitrogen and oxygen atoms in total. The van der Waals surface area contributed by atoms with Crippen LogP contribution in [-0.4, -0.2) is 33.9 Å². The number of guanidine groups is 1. The molecule has 0 spiro atoms. The molecule has 3 N–H and O–H groups in total. The maximum Gasteiger partial charge on any atom is 0.231 e. The van der Waals surface area contributed by atoms with Crippen LogP contribution in [0.2, 0.25) is 0 Å². The number of nitrogens with two attached hydrogens (primary N) is 1. The van der Waals surface area contributed by atoms with Crippen molar-refractivity contribution in [3.8, 4) is 22.5 Å². The molecule has 1 saturated heterocycles. The number of H-pyrrole nitrogens is 1. The highest BCUT2D eigenvalue weighted by Gasteiger charge is 2.16. The van der Waals surface area contributed by atoms with Crippen LogP contribution in [0.5, 0.6) is 0 Å². The molecule has 1 fully saturated rings. The largest absolute Gasteiger partial charge is 0.369 e. The van der Waals surface area contributed by atoms with E-state index in [-0.39, 0.29) is 0 Å². The van der Waals surface area contributed by atoms with E-state index in [1.807, 2.05) is 36.4 Å². The fourth-order valence-electron chi connectivity index (χ4n) is 3.33. The molecule has 1 aliphatic rings. The summed E-state index contributed by atoms with van der Waals surface area (Å²) in [6.45, 7) is 1.93. The number of nitrogens with zero attached hydrogens (tertiary/aromatic N) is 3. The van der Waals surface area contributed by atoms with Gasteiger partial charge in [0.2, 0.25) is 5.95 Å². The zero-order valence-electron chi connectivity index (χ0n) is 14.7.